The van der Waals surface area contributed by atoms with Crippen LogP contribution in [0.1, 0.15) is 0 Å². The van der Waals surface area contributed by atoms with E-state index in [4.69, 9.17) is 5.11 Å². The predicted molar refractivity (Wildman–Crippen MR) is 32.4 cm³/mol. The summed E-state index contributed by atoms with van der Waals surface area (Å²) in [7, 11) is 2.46. The van der Waals surface area contributed by atoms with Gasteiger partial charge in [-0.1, -0.05) is 9.39 Å². The van der Waals surface area contributed by atoms with Crippen LogP contribution in [0, 0.1) is 5.92 Å². The van der Waals surface area contributed by atoms with Gasteiger partial charge in [-0.25, -0.2) is 0 Å². The molecule has 46 valence electrons. The zero-order valence-electron chi connectivity index (χ0n) is 4.37. The molecule has 0 aliphatic carbocycles. The summed E-state index contributed by atoms with van der Waals surface area (Å²) in [5.74, 6) is -0.795. The van der Waals surface area contributed by atoms with Crippen LogP contribution in [0.3, 0.4) is 0 Å². The molecule has 0 aromatic rings. The van der Waals surface area contributed by atoms with Crippen molar-refractivity contribution in [3.63, 3.8) is 0 Å². The summed E-state index contributed by atoms with van der Waals surface area (Å²) >= 11 is 0. The molecule has 0 amide bonds. The number of aliphatic carboxylic acids is 1. The highest BCUT2D eigenvalue weighted by molar-refractivity contribution is 7.13. The van der Waals surface area contributed by atoms with Crippen molar-refractivity contribution in [2.75, 3.05) is 13.1 Å². The van der Waals surface area contributed by atoms with Crippen LogP contribution in [-0.2, 0) is 4.79 Å². The standard InChI is InChI=1S/C4H8NO2P/c6-4(7)3-1-5(8)2-3/h3H,1-2,8H2,(H,6,7). The van der Waals surface area contributed by atoms with Crippen molar-refractivity contribution in [2.24, 2.45) is 5.92 Å². The van der Waals surface area contributed by atoms with E-state index < -0.39 is 5.97 Å². The van der Waals surface area contributed by atoms with Crippen LogP contribution in [0.15, 0.2) is 0 Å². The molecular formula is C4H8NO2P. The van der Waals surface area contributed by atoms with Crippen LogP contribution in [0.2, 0.25) is 0 Å². The summed E-state index contributed by atoms with van der Waals surface area (Å²) in [5.41, 5.74) is 0. The molecule has 8 heavy (non-hydrogen) atoms. The van der Waals surface area contributed by atoms with Crippen LogP contribution in [0.5, 0.6) is 0 Å². The Morgan fingerprint density at radius 3 is 2.38 bits per heavy atom. The van der Waals surface area contributed by atoms with E-state index in [-0.39, 0.29) is 5.92 Å². The molecule has 1 atom stereocenters. The van der Waals surface area contributed by atoms with Crippen molar-refractivity contribution < 1.29 is 9.90 Å². The number of carboxylic acid groups (broad SMARTS) is 1. The average Bonchev–Trinajstić information content (AvgIpc) is 1.57. The summed E-state index contributed by atoms with van der Waals surface area (Å²) in [4.78, 5) is 10.1. The molecule has 1 saturated heterocycles. The molecule has 1 unspecified atom stereocenters. The first-order valence-corrected chi connectivity index (χ1v) is 2.94. The Morgan fingerprint density at radius 1 is 1.75 bits per heavy atom. The lowest BCUT2D eigenvalue weighted by atomic mass is 10.0. The molecule has 1 N–H and O–H groups in total. The first kappa shape index (κ1) is 5.99. The van der Waals surface area contributed by atoms with Crippen LogP contribution >= 0.6 is 9.39 Å². The summed E-state index contributed by atoms with van der Waals surface area (Å²) in [6.07, 6.45) is 0. The molecule has 0 aromatic carbocycles. The molecule has 1 fully saturated rings. The summed E-state index contributed by atoms with van der Waals surface area (Å²) in [5, 5.41) is 8.32. The number of carboxylic acids is 1. The van der Waals surface area contributed by atoms with Gasteiger partial charge >= 0.3 is 5.97 Å². The second-order valence-corrected chi connectivity index (χ2v) is 2.72. The van der Waals surface area contributed by atoms with Crippen molar-refractivity contribution in [1.29, 1.82) is 0 Å². The molecule has 0 saturated carbocycles. The minimum atomic E-state index is -0.677. The molecule has 1 aliphatic heterocycles. The third kappa shape index (κ3) is 0.984. The number of hydrogen-bond donors (Lipinski definition) is 1. The van der Waals surface area contributed by atoms with Gasteiger partial charge in [0.25, 0.3) is 0 Å². The van der Waals surface area contributed by atoms with E-state index in [2.05, 4.69) is 9.39 Å². The van der Waals surface area contributed by atoms with Gasteiger partial charge in [0.15, 0.2) is 0 Å². The van der Waals surface area contributed by atoms with Crippen molar-refractivity contribution in [1.82, 2.24) is 4.67 Å². The molecule has 1 rings (SSSR count). The molecule has 0 spiro atoms. The van der Waals surface area contributed by atoms with Crippen molar-refractivity contribution in [3.05, 3.63) is 0 Å². The zero-order valence-corrected chi connectivity index (χ0v) is 5.53. The van der Waals surface area contributed by atoms with E-state index in [0.29, 0.717) is 13.1 Å². The maximum absolute atomic E-state index is 10.1. The zero-order chi connectivity index (χ0) is 6.15. The Kier molecular flexibility index (Phi) is 1.49. The Balaban J connectivity index is 2.25. The molecule has 0 bridgehead atoms. The maximum Gasteiger partial charge on any atom is 0.309 e. The highest BCUT2D eigenvalue weighted by Gasteiger charge is 2.29. The van der Waals surface area contributed by atoms with Gasteiger partial charge in [0.05, 0.1) is 5.92 Å². The van der Waals surface area contributed by atoms with Crippen LogP contribution in [0.4, 0.5) is 0 Å². The van der Waals surface area contributed by atoms with Crippen molar-refractivity contribution in [2.45, 2.75) is 0 Å². The highest BCUT2D eigenvalue weighted by Crippen LogP contribution is 2.18. The fourth-order valence-corrected chi connectivity index (χ4v) is 1.18. The van der Waals surface area contributed by atoms with Crippen LogP contribution < -0.4 is 0 Å². The molecule has 1 heterocycles. The lowest BCUT2D eigenvalue weighted by Crippen LogP contribution is -2.44. The van der Waals surface area contributed by atoms with Crippen LogP contribution in [-0.4, -0.2) is 28.8 Å². The molecule has 4 heteroatoms. The van der Waals surface area contributed by atoms with Gasteiger partial charge in [0, 0.05) is 13.1 Å². The predicted octanol–water partition coefficient (Wildman–Crippen LogP) is -0.207. The maximum atomic E-state index is 10.1. The largest absolute Gasteiger partial charge is 0.481 e. The van der Waals surface area contributed by atoms with Gasteiger partial charge in [-0.3, -0.25) is 9.46 Å². The lowest BCUT2D eigenvalue weighted by molar-refractivity contribution is -0.145. The Morgan fingerprint density at radius 2 is 2.25 bits per heavy atom. The normalized spacial score (nSPS) is 22.6. The number of carbonyl (C=O) groups is 1. The van der Waals surface area contributed by atoms with Crippen molar-refractivity contribution in [3.8, 4) is 0 Å². The Hall–Kier alpha value is -0.140. The fraction of sp³-hybridized carbons (Fsp3) is 0.750. The second kappa shape index (κ2) is 2.00. The van der Waals surface area contributed by atoms with Gasteiger partial charge in [0.1, 0.15) is 0 Å². The van der Waals surface area contributed by atoms with Gasteiger partial charge in [-0.05, 0) is 0 Å². The Bertz CT molecular complexity index is 111. The first-order chi connectivity index (χ1) is 3.70. The number of hydrogen-bond acceptors (Lipinski definition) is 2. The second-order valence-electron chi connectivity index (χ2n) is 1.99. The minimum Gasteiger partial charge on any atom is -0.481 e. The quantitative estimate of drug-likeness (QED) is 0.503. The lowest BCUT2D eigenvalue weighted by Gasteiger charge is -2.32. The van der Waals surface area contributed by atoms with Gasteiger partial charge in [-0.2, -0.15) is 0 Å². The van der Waals surface area contributed by atoms with E-state index in [0.717, 1.165) is 0 Å². The van der Waals surface area contributed by atoms with Gasteiger partial charge < -0.3 is 5.11 Å². The summed E-state index contributed by atoms with van der Waals surface area (Å²) in [6, 6.07) is 0. The van der Waals surface area contributed by atoms with Crippen LogP contribution in [0.25, 0.3) is 0 Å². The van der Waals surface area contributed by atoms with E-state index in [1.807, 2.05) is 4.67 Å². The number of nitrogens with zero attached hydrogens (tertiary/aromatic N) is 1. The molecule has 0 radical (unpaired) electrons. The SMILES string of the molecule is O=C(O)C1CN(P)C1. The van der Waals surface area contributed by atoms with E-state index in [1.54, 1.807) is 0 Å². The molecular weight excluding hydrogens is 125 g/mol. The first-order valence-electron chi connectivity index (χ1n) is 2.42. The summed E-state index contributed by atoms with van der Waals surface area (Å²) < 4.78 is 1.90. The topological polar surface area (TPSA) is 40.5 Å². The summed E-state index contributed by atoms with van der Waals surface area (Å²) in [6.45, 7) is 1.36. The van der Waals surface area contributed by atoms with Gasteiger partial charge in [-0.15, -0.1) is 0 Å². The molecule has 3 nitrogen and oxygen atoms in total. The van der Waals surface area contributed by atoms with E-state index >= 15 is 0 Å². The minimum absolute atomic E-state index is 0.118. The third-order valence-electron chi connectivity index (χ3n) is 1.26. The van der Waals surface area contributed by atoms with E-state index in [9.17, 15) is 4.79 Å². The molecule has 0 aromatic heterocycles. The highest BCUT2D eigenvalue weighted by atomic mass is 31.0. The van der Waals surface area contributed by atoms with Crippen molar-refractivity contribution >= 4 is 15.4 Å². The van der Waals surface area contributed by atoms with Gasteiger partial charge in [0.2, 0.25) is 0 Å². The molecule has 1 aliphatic rings. The smallest absolute Gasteiger partial charge is 0.309 e. The fourth-order valence-electron chi connectivity index (χ4n) is 0.669. The van der Waals surface area contributed by atoms with E-state index in [1.165, 1.54) is 0 Å². The number of rotatable bonds is 1. The Labute approximate surface area is 49.9 Å². The monoisotopic (exact) mass is 133 g/mol. The average molecular weight is 133 g/mol. The third-order valence-corrected chi connectivity index (χ3v) is 1.68.